The monoisotopic (exact) mass is 268 g/mol. The maximum absolute atomic E-state index is 13.6. The third kappa shape index (κ3) is 3.91. The van der Waals surface area contributed by atoms with Crippen LogP contribution in [0.25, 0.3) is 0 Å². The molecule has 0 bridgehead atoms. The lowest BCUT2D eigenvalue weighted by molar-refractivity contribution is 0.588. The average Bonchev–Trinajstić information content (AvgIpc) is 2.45. The maximum Gasteiger partial charge on any atom is 0.129 e. The van der Waals surface area contributed by atoms with Crippen molar-refractivity contribution in [3.05, 3.63) is 70.5 Å². The Hall–Kier alpha value is -2.18. The maximum atomic E-state index is 13.6. The van der Waals surface area contributed by atoms with Gasteiger partial charge in [-0.25, -0.2) is 4.39 Å². The molecule has 0 unspecified atom stereocenters. The first-order valence-corrected chi connectivity index (χ1v) is 6.64. The van der Waals surface area contributed by atoms with Gasteiger partial charge in [0.25, 0.3) is 0 Å². The summed E-state index contributed by atoms with van der Waals surface area (Å²) in [6.45, 7) is 3.34. The first kappa shape index (κ1) is 14.2. The number of hydrogen-bond donors (Lipinski definition) is 1. The molecule has 3 heteroatoms. The van der Waals surface area contributed by atoms with Crippen LogP contribution < -0.4 is 5.32 Å². The Morgan fingerprint density at radius 3 is 2.75 bits per heavy atom. The van der Waals surface area contributed by atoms with Crippen LogP contribution in [0.1, 0.15) is 22.3 Å². The van der Waals surface area contributed by atoms with Gasteiger partial charge < -0.3 is 5.32 Å². The molecule has 0 spiro atoms. The Kier molecular flexibility index (Phi) is 4.86. The topological polar surface area (TPSA) is 35.8 Å². The predicted octanol–water partition coefficient (Wildman–Crippen LogP) is 3.34. The molecule has 0 aliphatic carbocycles. The first-order chi connectivity index (χ1) is 9.69. The number of benzene rings is 2. The van der Waals surface area contributed by atoms with E-state index < -0.39 is 0 Å². The average molecular weight is 268 g/mol. The minimum atomic E-state index is -0.327. The van der Waals surface area contributed by atoms with Crippen molar-refractivity contribution >= 4 is 0 Å². The summed E-state index contributed by atoms with van der Waals surface area (Å²) < 4.78 is 13.6. The van der Waals surface area contributed by atoms with E-state index in [1.807, 2.05) is 12.1 Å². The molecule has 2 aromatic carbocycles. The van der Waals surface area contributed by atoms with E-state index in [9.17, 15) is 4.39 Å². The fraction of sp³-hybridized carbons (Fsp3) is 0.235. The van der Waals surface area contributed by atoms with Crippen molar-refractivity contribution in [1.82, 2.24) is 5.32 Å². The van der Waals surface area contributed by atoms with Gasteiger partial charge in [-0.1, -0.05) is 35.9 Å². The number of aryl methyl sites for hydroxylation is 1. The lowest BCUT2D eigenvalue weighted by Gasteiger charge is -2.07. The van der Waals surface area contributed by atoms with Crippen LogP contribution in [-0.2, 0) is 13.0 Å². The second kappa shape index (κ2) is 6.83. The van der Waals surface area contributed by atoms with E-state index in [0.29, 0.717) is 17.7 Å². The smallest absolute Gasteiger partial charge is 0.129 e. The van der Waals surface area contributed by atoms with Gasteiger partial charge in [0.1, 0.15) is 5.82 Å². The molecule has 0 amide bonds. The summed E-state index contributed by atoms with van der Waals surface area (Å²) in [6, 6.07) is 14.9. The van der Waals surface area contributed by atoms with Crippen molar-refractivity contribution in [3.63, 3.8) is 0 Å². The van der Waals surface area contributed by atoms with Crippen LogP contribution in [0.2, 0.25) is 0 Å². The molecule has 0 fully saturated rings. The Morgan fingerprint density at radius 2 is 2.05 bits per heavy atom. The molecule has 2 nitrogen and oxygen atoms in total. The van der Waals surface area contributed by atoms with E-state index >= 15 is 0 Å². The van der Waals surface area contributed by atoms with Crippen LogP contribution in [0.3, 0.4) is 0 Å². The Bertz CT molecular complexity index is 629. The molecular weight excluding hydrogens is 251 g/mol. The molecule has 0 aliphatic heterocycles. The van der Waals surface area contributed by atoms with Gasteiger partial charge in [-0.15, -0.1) is 0 Å². The first-order valence-electron chi connectivity index (χ1n) is 6.64. The summed E-state index contributed by atoms with van der Waals surface area (Å²) in [6.07, 6.45) is 0.916. The fourth-order valence-corrected chi connectivity index (χ4v) is 2.08. The van der Waals surface area contributed by atoms with Crippen LogP contribution in [0.4, 0.5) is 4.39 Å². The number of hydrogen-bond acceptors (Lipinski definition) is 2. The van der Waals surface area contributed by atoms with Crippen LogP contribution in [0.15, 0.2) is 42.5 Å². The van der Waals surface area contributed by atoms with Crippen LogP contribution in [-0.4, -0.2) is 6.54 Å². The molecule has 20 heavy (non-hydrogen) atoms. The summed E-state index contributed by atoms with van der Waals surface area (Å²) in [4.78, 5) is 0. The summed E-state index contributed by atoms with van der Waals surface area (Å²) >= 11 is 0. The number of rotatable bonds is 5. The largest absolute Gasteiger partial charge is 0.312 e. The van der Waals surface area contributed by atoms with Gasteiger partial charge in [0, 0.05) is 12.1 Å². The molecule has 2 rings (SSSR count). The zero-order chi connectivity index (χ0) is 14.4. The highest BCUT2D eigenvalue weighted by molar-refractivity contribution is 5.32. The SMILES string of the molecule is Cc1cccc(CCNCc2ccc(C#N)cc2F)c1. The molecule has 1 N–H and O–H groups in total. The van der Waals surface area contributed by atoms with E-state index in [2.05, 4.69) is 30.4 Å². The summed E-state index contributed by atoms with van der Waals surface area (Å²) in [7, 11) is 0. The molecule has 0 saturated heterocycles. The highest BCUT2D eigenvalue weighted by Gasteiger charge is 2.03. The second-order valence-electron chi connectivity index (χ2n) is 4.83. The van der Waals surface area contributed by atoms with E-state index in [1.165, 1.54) is 17.2 Å². The molecule has 102 valence electrons. The quantitative estimate of drug-likeness (QED) is 0.844. The molecular formula is C17H17FN2. The van der Waals surface area contributed by atoms with E-state index in [-0.39, 0.29) is 5.82 Å². The van der Waals surface area contributed by atoms with Crippen molar-refractivity contribution in [1.29, 1.82) is 5.26 Å². The molecule has 0 aromatic heterocycles. The van der Waals surface area contributed by atoms with Gasteiger partial charge in [-0.2, -0.15) is 5.26 Å². The molecule has 0 aliphatic rings. The number of nitrogens with one attached hydrogen (secondary N) is 1. The Labute approximate surface area is 118 Å². The summed E-state index contributed by atoms with van der Waals surface area (Å²) in [5.74, 6) is -0.327. The zero-order valence-corrected chi connectivity index (χ0v) is 11.5. The fourth-order valence-electron chi connectivity index (χ4n) is 2.08. The van der Waals surface area contributed by atoms with Gasteiger partial charge in [0.05, 0.1) is 11.6 Å². The molecule has 0 saturated carbocycles. The van der Waals surface area contributed by atoms with Crippen LogP contribution in [0.5, 0.6) is 0 Å². The lowest BCUT2D eigenvalue weighted by Crippen LogP contribution is -2.17. The van der Waals surface area contributed by atoms with Crippen molar-refractivity contribution < 1.29 is 4.39 Å². The molecule has 0 atom stereocenters. The Morgan fingerprint density at radius 1 is 1.20 bits per heavy atom. The van der Waals surface area contributed by atoms with E-state index in [0.717, 1.165) is 13.0 Å². The third-order valence-electron chi connectivity index (χ3n) is 3.17. The van der Waals surface area contributed by atoms with Crippen LogP contribution >= 0.6 is 0 Å². The van der Waals surface area contributed by atoms with Crippen molar-refractivity contribution in [2.75, 3.05) is 6.54 Å². The van der Waals surface area contributed by atoms with Gasteiger partial charge in [-0.05, 0) is 37.6 Å². The zero-order valence-electron chi connectivity index (χ0n) is 11.5. The predicted molar refractivity (Wildman–Crippen MR) is 77.7 cm³/mol. The van der Waals surface area contributed by atoms with Crippen molar-refractivity contribution in [3.8, 4) is 6.07 Å². The normalized spacial score (nSPS) is 10.2. The third-order valence-corrected chi connectivity index (χ3v) is 3.17. The minimum absolute atomic E-state index is 0.327. The van der Waals surface area contributed by atoms with Crippen molar-refractivity contribution in [2.45, 2.75) is 19.9 Å². The van der Waals surface area contributed by atoms with E-state index in [4.69, 9.17) is 5.26 Å². The highest BCUT2D eigenvalue weighted by Crippen LogP contribution is 2.10. The molecule has 2 aromatic rings. The van der Waals surface area contributed by atoms with Gasteiger partial charge in [-0.3, -0.25) is 0 Å². The second-order valence-corrected chi connectivity index (χ2v) is 4.83. The minimum Gasteiger partial charge on any atom is -0.312 e. The summed E-state index contributed by atoms with van der Waals surface area (Å²) in [5, 5.41) is 11.9. The van der Waals surface area contributed by atoms with Gasteiger partial charge in [0.2, 0.25) is 0 Å². The van der Waals surface area contributed by atoms with E-state index in [1.54, 1.807) is 12.1 Å². The molecule has 0 radical (unpaired) electrons. The lowest BCUT2D eigenvalue weighted by atomic mass is 10.1. The number of nitrogens with zero attached hydrogens (tertiary/aromatic N) is 1. The highest BCUT2D eigenvalue weighted by atomic mass is 19.1. The number of nitriles is 1. The van der Waals surface area contributed by atoms with Crippen molar-refractivity contribution in [2.24, 2.45) is 0 Å². The summed E-state index contributed by atoms with van der Waals surface area (Å²) in [5.41, 5.74) is 3.47. The van der Waals surface area contributed by atoms with Gasteiger partial charge in [0.15, 0.2) is 0 Å². The molecule has 0 heterocycles. The standard InChI is InChI=1S/C17H17FN2/c1-13-3-2-4-14(9-13)7-8-20-12-16-6-5-15(11-19)10-17(16)18/h2-6,9-10,20H,7-8,12H2,1H3. The van der Waals surface area contributed by atoms with Crippen LogP contribution in [0, 0.1) is 24.1 Å². The number of halogens is 1. The Balaban J connectivity index is 1.83. The van der Waals surface area contributed by atoms with Gasteiger partial charge >= 0.3 is 0 Å².